The van der Waals surface area contributed by atoms with E-state index in [1.807, 2.05) is 0 Å². The molecule has 0 aliphatic heterocycles. The van der Waals surface area contributed by atoms with Crippen LogP contribution < -0.4 is 5.32 Å². The number of terminal acetylenes is 1. The highest BCUT2D eigenvalue weighted by Crippen LogP contribution is 2.30. The SMILES string of the molecule is C#CCCCCNc1cc(Br)c(F)cc1[N+](=O)[O-]. The normalized spacial score (nSPS) is 9.83. The first kappa shape index (κ1) is 14.5. The summed E-state index contributed by atoms with van der Waals surface area (Å²) in [6.07, 6.45) is 7.44. The molecule has 0 amide bonds. The zero-order chi connectivity index (χ0) is 13.5. The summed E-state index contributed by atoms with van der Waals surface area (Å²) in [6, 6.07) is 2.27. The maximum atomic E-state index is 13.2. The van der Waals surface area contributed by atoms with E-state index in [1.165, 1.54) is 6.07 Å². The van der Waals surface area contributed by atoms with Crippen molar-refractivity contribution in [3.05, 3.63) is 32.5 Å². The lowest BCUT2D eigenvalue weighted by molar-refractivity contribution is -0.384. The molecule has 1 aromatic rings. The molecule has 0 fully saturated rings. The van der Waals surface area contributed by atoms with Crippen LogP contribution in [0.2, 0.25) is 0 Å². The van der Waals surface area contributed by atoms with E-state index in [4.69, 9.17) is 6.42 Å². The number of benzene rings is 1. The van der Waals surface area contributed by atoms with E-state index in [0.717, 1.165) is 18.9 Å². The van der Waals surface area contributed by atoms with Crippen molar-refractivity contribution in [1.29, 1.82) is 0 Å². The molecule has 0 spiro atoms. The van der Waals surface area contributed by atoms with E-state index in [0.29, 0.717) is 18.7 Å². The highest BCUT2D eigenvalue weighted by molar-refractivity contribution is 9.10. The van der Waals surface area contributed by atoms with Gasteiger partial charge < -0.3 is 5.32 Å². The van der Waals surface area contributed by atoms with E-state index in [9.17, 15) is 14.5 Å². The molecular weight excluding hydrogens is 303 g/mol. The highest BCUT2D eigenvalue weighted by Gasteiger charge is 2.17. The Kier molecular flexibility index (Phi) is 5.59. The second-order valence-electron chi connectivity index (χ2n) is 3.63. The molecule has 0 heterocycles. The summed E-state index contributed by atoms with van der Waals surface area (Å²) in [4.78, 5) is 10.2. The van der Waals surface area contributed by atoms with Gasteiger partial charge in [0.25, 0.3) is 5.69 Å². The molecule has 1 aromatic carbocycles. The maximum Gasteiger partial charge on any atom is 0.295 e. The molecule has 18 heavy (non-hydrogen) atoms. The Bertz CT molecular complexity index is 486. The Hall–Kier alpha value is -1.61. The van der Waals surface area contributed by atoms with Gasteiger partial charge in [0.05, 0.1) is 15.5 Å². The van der Waals surface area contributed by atoms with E-state index >= 15 is 0 Å². The molecule has 0 aliphatic carbocycles. The molecule has 1 rings (SSSR count). The zero-order valence-corrected chi connectivity index (χ0v) is 11.2. The Morgan fingerprint density at radius 1 is 1.50 bits per heavy atom. The van der Waals surface area contributed by atoms with Gasteiger partial charge in [-0.25, -0.2) is 4.39 Å². The van der Waals surface area contributed by atoms with E-state index in [1.54, 1.807) is 0 Å². The lowest BCUT2D eigenvalue weighted by atomic mass is 10.2. The van der Waals surface area contributed by atoms with Crippen molar-refractivity contribution in [2.75, 3.05) is 11.9 Å². The average molecular weight is 315 g/mol. The first-order valence-electron chi connectivity index (χ1n) is 5.37. The number of nitro benzene ring substituents is 1. The molecule has 0 atom stereocenters. The number of hydrogen-bond donors (Lipinski definition) is 1. The number of unbranched alkanes of at least 4 members (excludes halogenated alkanes) is 2. The molecule has 6 heteroatoms. The monoisotopic (exact) mass is 314 g/mol. The summed E-state index contributed by atoms with van der Waals surface area (Å²) in [5.74, 6) is 1.87. The van der Waals surface area contributed by atoms with Crippen molar-refractivity contribution in [1.82, 2.24) is 0 Å². The summed E-state index contributed by atoms with van der Waals surface area (Å²) >= 11 is 3.00. The van der Waals surface area contributed by atoms with Gasteiger partial charge in [-0.05, 0) is 34.8 Å². The Balaban J connectivity index is 2.72. The Labute approximate surface area is 113 Å². The van der Waals surface area contributed by atoms with Crippen molar-refractivity contribution in [3.63, 3.8) is 0 Å². The number of nitrogens with zero attached hydrogens (tertiary/aromatic N) is 1. The van der Waals surface area contributed by atoms with Gasteiger partial charge in [0.1, 0.15) is 11.5 Å². The lowest BCUT2D eigenvalue weighted by Crippen LogP contribution is -2.05. The predicted molar refractivity (Wildman–Crippen MR) is 71.9 cm³/mol. The third-order valence-corrected chi connectivity index (χ3v) is 2.91. The lowest BCUT2D eigenvalue weighted by Gasteiger charge is -2.07. The summed E-state index contributed by atoms with van der Waals surface area (Å²) in [6.45, 7) is 0.556. The van der Waals surface area contributed by atoms with Crippen LogP contribution in [0.15, 0.2) is 16.6 Å². The van der Waals surface area contributed by atoms with Gasteiger partial charge >= 0.3 is 0 Å². The van der Waals surface area contributed by atoms with E-state index in [-0.39, 0.29) is 10.2 Å². The summed E-state index contributed by atoms with van der Waals surface area (Å²) in [5, 5.41) is 13.7. The minimum absolute atomic E-state index is 0.194. The summed E-state index contributed by atoms with van der Waals surface area (Å²) < 4.78 is 13.4. The second-order valence-corrected chi connectivity index (χ2v) is 4.48. The fourth-order valence-electron chi connectivity index (χ4n) is 1.40. The van der Waals surface area contributed by atoms with Gasteiger partial charge in [-0.1, -0.05) is 0 Å². The molecule has 4 nitrogen and oxygen atoms in total. The standard InChI is InChI=1S/C12H12BrFN2O2/c1-2-3-4-5-6-15-11-7-9(13)10(14)8-12(11)16(17)18/h1,7-8,15H,3-6H2. The largest absolute Gasteiger partial charge is 0.379 e. The number of nitro groups is 1. The number of hydrogen-bond acceptors (Lipinski definition) is 3. The van der Waals surface area contributed by atoms with Crippen molar-refractivity contribution in [2.45, 2.75) is 19.3 Å². The summed E-state index contributed by atoms with van der Waals surface area (Å²) in [5.41, 5.74) is 0.0293. The van der Waals surface area contributed by atoms with Crippen molar-refractivity contribution in [3.8, 4) is 12.3 Å². The van der Waals surface area contributed by atoms with Crippen LogP contribution in [0.4, 0.5) is 15.8 Å². The number of anilines is 1. The van der Waals surface area contributed by atoms with Crippen LogP contribution in [0.1, 0.15) is 19.3 Å². The van der Waals surface area contributed by atoms with Gasteiger partial charge in [0.2, 0.25) is 0 Å². The van der Waals surface area contributed by atoms with Gasteiger partial charge in [0, 0.05) is 13.0 Å². The third kappa shape index (κ3) is 4.00. The molecule has 0 unspecified atom stereocenters. The van der Waals surface area contributed by atoms with Crippen molar-refractivity contribution < 1.29 is 9.31 Å². The second kappa shape index (κ2) is 6.97. The molecule has 0 aliphatic rings. The predicted octanol–water partition coefficient (Wildman–Crippen LogP) is 3.71. The van der Waals surface area contributed by atoms with Crippen LogP contribution in [-0.2, 0) is 0 Å². The molecule has 96 valence electrons. The number of rotatable bonds is 6. The zero-order valence-electron chi connectivity index (χ0n) is 9.58. The molecule has 0 radical (unpaired) electrons. The Morgan fingerprint density at radius 2 is 2.22 bits per heavy atom. The molecule has 0 saturated heterocycles. The van der Waals surface area contributed by atoms with Gasteiger partial charge in [-0.2, -0.15) is 0 Å². The Morgan fingerprint density at radius 3 is 2.83 bits per heavy atom. The van der Waals surface area contributed by atoms with Gasteiger partial charge in [-0.3, -0.25) is 10.1 Å². The topological polar surface area (TPSA) is 55.2 Å². The van der Waals surface area contributed by atoms with Crippen LogP contribution in [0, 0.1) is 28.3 Å². The fourth-order valence-corrected chi connectivity index (χ4v) is 1.75. The van der Waals surface area contributed by atoms with Gasteiger partial charge in [-0.15, -0.1) is 12.3 Å². The van der Waals surface area contributed by atoms with Gasteiger partial charge in [0.15, 0.2) is 0 Å². The first-order chi connectivity index (χ1) is 8.56. The van der Waals surface area contributed by atoms with Crippen LogP contribution in [0.5, 0.6) is 0 Å². The van der Waals surface area contributed by atoms with E-state index < -0.39 is 10.7 Å². The van der Waals surface area contributed by atoms with Crippen molar-refractivity contribution >= 4 is 27.3 Å². The number of nitrogens with one attached hydrogen (secondary N) is 1. The van der Waals surface area contributed by atoms with E-state index in [2.05, 4.69) is 27.2 Å². The average Bonchev–Trinajstić information content (AvgIpc) is 2.32. The van der Waals surface area contributed by atoms with Crippen LogP contribution in [-0.4, -0.2) is 11.5 Å². The van der Waals surface area contributed by atoms with Crippen LogP contribution >= 0.6 is 15.9 Å². The minimum Gasteiger partial charge on any atom is -0.379 e. The smallest absolute Gasteiger partial charge is 0.295 e. The summed E-state index contributed by atoms with van der Waals surface area (Å²) in [7, 11) is 0. The first-order valence-corrected chi connectivity index (χ1v) is 6.16. The minimum atomic E-state index is -0.653. The quantitative estimate of drug-likeness (QED) is 0.377. The van der Waals surface area contributed by atoms with Crippen LogP contribution in [0.25, 0.3) is 0 Å². The molecular formula is C12H12BrFN2O2. The maximum absolute atomic E-state index is 13.2. The molecule has 1 N–H and O–H groups in total. The molecule has 0 aromatic heterocycles. The van der Waals surface area contributed by atoms with Crippen LogP contribution in [0.3, 0.4) is 0 Å². The number of halogens is 2. The fraction of sp³-hybridized carbons (Fsp3) is 0.333. The molecule has 0 bridgehead atoms. The highest BCUT2D eigenvalue weighted by atomic mass is 79.9. The van der Waals surface area contributed by atoms with Crippen molar-refractivity contribution in [2.24, 2.45) is 0 Å². The molecule has 0 saturated carbocycles. The third-order valence-electron chi connectivity index (χ3n) is 2.30.